The highest BCUT2D eigenvalue weighted by atomic mass is 35.5. The van der Waals surface area contributed by atoms with Gasteiger partial charge in [0.15, 0.2) is 12.4 Å². The van der Waals surface area contributed by atoms with Gasteiger partial charge in [-0.15, -0.1) is 0 Å². The van der Waals surface area contributed by atoms with Crippen molar-refractivity contribution in [3.05, 3.63) is 93.1 Å². The number of nitrogens with one attached hydrogen (secondary N) is 1. The molecule has 6 heteroatoms. The summed E-state index contributed by atoms with van der Waals surface area (Å²) in [6, 6.07) is 19.5. The zero-order valence-corrected chi connectivity index (χ0v) is 17.8. The van der Waals surface area contributed by atoms with Crippen molar-refractivity contribution in [1.29, 1.82) is 0 Å². The smallest absolute Gasteiger partial charge is 0.262 e. The first-order chi connectivity index (χ1) is 14.9. The molecule has 0 aliphatic carbocycles. The maximum absolute atomic E-state index is 13.3. The van der Waals surface area contributed by atoms with Crippen LogP contribution < -0.4 is 15.5 Å². The van der Waals surface area contributed by atoms with Crippen LogP contribution in [0.4, 0.5) is 5.69 Å². The third kappa shape index (κ3) is 4.47. The van der Waals surface area contributed by atoms with Crippen molar-refractivity contribution >= 4 is 34.2 Å². The van der Waals surface area contributed by atoms with Crippen LogP contribution in [0, 0.1) is 13.8 Å². The Hall–Kier alpha value is -3.57. The lowest BCUT2D eigenvalue weighted by Gasteiger charge is -2.13. The summed E-state index contributed by atoms with van der Waals surface area (Å²) in [6.45, 7) is 3.54. The van der Waals surface area contributed by atoms with E-state index in [2.05, 4.69) is 5.32 Å². The summed E-state index contributed by atoms with van der Waals surface area (Å²) >= 11 is 6.01. The first kappa shape index (κ1) is 20.7. The van der Waals surface area contributed by atoms with Crippen molar-refractivity contribution in [3.8, 4) is 17.1 Å². The number of anilines is 1. The van der Waals surface area contributed by atoms with Gasteiger partial charge in [-0.25, -0.2) is 0 Å². The van der Waals surface area contributed by atoms with E-state index < -0.39 is 0 Å². The number of hydrogen-bond donors (Lipinski definition) is 1. The Morgan fingerprint density at radius 3 is 2.39 bits per heavy atom. The molecule has 0 spiro atoms. The Labute approximate surface area is 184 Å². The second-order valence-electron chi connectivity index (χ2n) is 7.23. The number of amides is 1. The van der Waals surface area contributed by atoms with E-state index in [9.17, 15) is 9.59 Å². The van der Waals surface area contributed by atoms with Crippen LogP contribution in [-0.4, -0.2) is 12.5 Å². The van der Waals surface area contributed by atoms with Crippen LogP contribution in [0.5, 0.6) is 5.75 Å². The molecule has 0 radical (unpaired) electrons. The van der Waals surface area contributed by atoms with Crippen molar-refractivity contribution in [3.63, 3.8) is 0 Å². The Morgan fingerprint density at radius 2 is 1.68 bits per heavy atom. The zero-order chi connectivity index (χ0) is 22.0. The molecular weight excluding hydrogens is 414 g/mol. The van der Waals surface area contributed by atoms with Gasteiger partial charge < -0.3 is 14.5 Å². The number of benzene rings is 3. The molecule has 1 heterocycles. The maximum Gasteiger partial charge on any atom is 0.262 e. The second kappa shape index (κ2) is 8.66. The van der Waals surface area contributed by atoms with Crippen LogP contribution in [0.25, 0.3) is 22.3 Å². The number of hydrogen-bond acceptors (Lipinski definition) is 4. The Bertz CT molecular complexity index is 1310. The van der Waals surface area contributed by atoms with Crippen molar-refractivity contribution in [2.75, 3.05) is 11.9 Å². The van der Waals surface area contributed by atoms with E-state index in [0.717, 1.165) is 11.1 Å². The number of fused-ring (bicyclic) bond motifs is 1. The predicted octanol–water partition coefficient (Wildman–Crippen LogP) is 5.75. The summed E-state index contributed by atoms with van der Waals surface area (Å²) in [7, 11) is 0. The maximum atomic E-state index is 13.3. The molecule has 0 bridgehead atoms. The van der Waals surface area contributed by atoms with E-state index in [-0.39, 0.29) is 29.5 Å². The fourth-order valence-electron chi connectivity index (χ4n) is 3.21. The first-order valence-corrected chi connectivity index (χ1v) is 10.1. The van der Waals surface area contributed by atoms with Crippen molar-refractivity contribution in [2.45, 2.75) is 13.8 Å². The average molecular weight is 434 g/mol. The topological polar surface area (TPSA) is 68.5 Å². The molecule has 156 valence electrons. The summed E-state index contributed by atoms with van der Waals surface area (Å²) in [5.41, 5.74) is 3.37. The highest BCUT2D eigenvalue weighted by molar-refractivity contribution is 6.30. The Morgan fingerprint density at radius 1 is 1.00 bits per heavy atom. The number of para-hydroxylation sites is 1. The van der Waals surface area contributed by atoms with Gasteiger partial charge in [-0.05, 0) is 73.5 Å². The molecule has 1 amide bonds. The summed E-state index contributed by atoms with van der Waals surface area (Å²) in [6.07, 6.45) is 0. The minimum Gasteiger partial charge on any atom is -0.476 e. The number of rotatable bonds is 5. The molecule has 4 aromatic rings. The van der Waals surface area contributed by atoms with Crippen LogP contribution in [0.3, 0.4) is 0 Å². The molecule has 1 aromatic heterocycles. The van der Waals surface area contributed by atoms with E-state index in [0.29, 0.717) is 27.2 Å². The minimum absolute atomic E-state index is 0.0127. The molecule has 0 unspecified atom stereocenters. The van der Waals surface area contributed by atoms with Gasteiger partial charge in [0.05, 0.1) is 5.39 Å². The number of ether oxygens (including phenoxy) is 1. The molecule has 0 aliphatic rings. The normalized spacial score (nSPS) is 10.8. The first-order valence-electron chi connectivity index (χ1n) is 9.74. The molecule has 0 fully saturated rings. The van der Waals surface area contributed by atoms with Gasteiger partial charge in [0.25, 0.3) is 5.91 Å². The predicted molar refractivity (Wildman–Crippen MR) is 123 cm³/mol. The number of aryl methyl sites for hydroxylation is 2. The number of halogens is 1. The van der Waals surface area contributed by atoms with Gasteiger partial charge in [-0.3, -0.25) is 9.59 Å². The fourth-order valence-corrected chi connectivity index (χ4v) is 3.34. The third-order valence-electron chi connectivity index (χ3n) is 4.98. The van der Waals surface area contributed by atoms with Crippen LogP contribution in [0.2, 0.25) is 5.02 Å². The molecule has 0 saturated carbocycles. The summed E-state index contributed by atoms with van der Waals surface area (Å²) in [4.78, 5) is 25.6. The molecule has 0 aliphatic heterocycles. The van der Waals surface area contributed by atoms with E-state index in [1.54, 1.807) is 42.5 Å². The van der Waals surface area contributed by atoms with Gasteiger partial charge in [-0.2, -0.15) is 0 Å². The SMILES string of the molecule is Cc1cc2oc(-c3ccc(Cl)cc3)c(OCC(=O)Nc3ccccc3)c(=O)c2cc1C. The van der Waals surface area contributed by atoms with Crippen molar-refractivity contribution in [2.24, 2.45) is 0 Å². The zero-order valence-electron chi connectivity index (χ0n) is 17.1. The van der Waals surface area contributed by atoms with Gasteiger partial charge in [-0.1, -0.05) is 29.8 Å². The highest BCUT2D eigenvalue weighted by Crippen LogP contribution is 2.32. The molecular formula is C25H20ClNO4. The van der Waals surface area contributed by atoms with Crippen LogP contribution in [0.15, 0.2) is 75.9 Å². The lowest BCUT2D eigenvalue weighted by molar-refractivity contribution is -0.118. The van der Waals surface area contributed by atoms with Crippen LogP contribution in [-0.2, 0) is 4.79 Å². The largest absolute Gasteiger partial charge is 0.476 e. The quantitative estimate of drug-likeness (QED) is 0.435. The lowest BCUT2D eigenvalue weighted by Crippen LogP contribution is -2.22. The van der Waals surface area contributed by atoms with Crippen LogP contribution in [0.1, 0.15) is 11.1 Å². The standard InChI is InChI=1S/C25H20ClNO4/c1-15-12-20-21(13-16(15)2)31-24(17-8-10-18(26)11-9-17)25(23(20)29)30-14-22(28)27-19-6-4-3-5-7-19/h3-13H,14H2,1-2H3,(H,27,28). The summed E-state index contributed by atoms with van der Waals surface area (Å²) < 4.78 is 11.8. The van der Waals surface area contributed by atoms with Crippen molar-refractivity contribution < 1.29 is 13.9 Å². The summed E-state index contributed by atoms with van der Waals surface area (Å²) in [5, 5.41) is 3.70. The highest BCUT2D eigenvalue weighted by Gasteiger charge is 2.19. The Kier molecular flexibility index (Phi) is 5.78. The third-order valence-corrected chi connectivity index (χ3v) is 5.23. The molecule has 1 N–H and O–H groups in total. The minimum atomic E-state index is -0.382. The van der Waals surface area contributed by atoms with E-state index >= 15 is 0 Å². The van der Waals surface area contributed by atoms with Crippen LogP contribution >= 0.6 is 11.6 Å². The second-order valence-corrected chi connectivity index (χ2v) is 7.67. The molecule has 5 nitrogen and oxygen atoms in total. The van der Waals surface area contributed by atoms with Gasteiger partial charge in [0, 0.05) is 16.3 Å². The van der Waals surface area contributed by atoms with E-state index in [1.807, 2.05) is 38.1 Å². The molecule has 3 aromatic carbocycles. The molecule has 0 atom stereocenters. The molecule has 4 rings (SSSR count). The van der Waals surface area contributed by atoms with Gasteiger partial charge in [0.2, 0.25) is 11.2 Å². The van der Waals surface area contributed by atoms with Gasteiger partial charge in [0.1, 0.15) is 5.58 Å². The molecule has 31 heavy (non-hydrogen) atoms. The number of carbonyl (C=O) groups is 1. The monoisotopic (exact) mass is 433 g/mol. The van der Waals surface area contributed by atoms with E-state index in [4.69, 9.17) is 20.8 Å². The van der Waals surface area contributed by atoms with Gasteiger partial charge >= 0.3 is 0 Å². The van der Waals surface area contributed by atoms with E-state index in [1.165, 1.54) is 0 Å². The van der Waals surface area contributed by atoms with Crippen molar-refractivity contribution in [1.82, 2.24) is 0 Å². The lowest BCUT2D eigenvalue weighted by atomic mass is 10.0. The average Bonchev–Trinajstić information content (AvgIpc) is 2.76. The Balaban J connectivity index is 1.74. The number of carbonyl (C=O) groups excluding carboxylic acids is 1. The molecule has 0 saturated heterocycles. The fraction of sp³-hybridized carbons (Fsp3) is 0.120. The summed E-state index contributed by atoms with van der Waals surface area (Å²) in [5.74, 6) is -0.140.